The van der Waals surface area contributed by atoms with Crippen molar-refractivity contribution in [2.24, 2.45) is 0 Å². The van der Waals surface area contributed by atoms with Crippen molar-refractivity contribution in [3.8, 4) is 0 Å². The number of nitrogens with zero attached hydrogens (tertiary/aromatic N) is 1. The second-order valence-corrected chi connectivity index (χ2v) is 4.07. The zero-order chi connectivity index (χ0) is 9.80. The van der Waals surface area contributed by atoms with Crippen LogP contribution in [0.15, 0.2) is 24.5 Å². The van der Waals surface area contributed by atoms with E-state index in [1.807, 2.05) is 18.5 Å². The van der Waals surface area contributed by atoms with Crippen molar-refractivity contribution in [1.82, 2.24) is 10.3 Å². The van der Waals surface area contributed by atoms with Gasteiger partial charge in [-0.3, -0.25) is 4.98 Å². The van der Waals surface area contributed by atoms with Gasteiger partial charge in [-0.2, -0.15) is 0 Å². The molecule has 1 aromatic heterocycles. The number of rotatable bonds is 5. The van der Waals surface area contributed by atoms with Crippen LogP contribution in [0.5, 0.6) is 0 Å². The Morgan fingerprint density at radius 1 is 1.57 bits per heavy atom. The van der Waals surface area contributed by atoms with E-state index in [0.29, 0.717) is 6.04 Å². The molecule has 0 aliphatic heterocycles. The molecule has 0 radical (unpaired) electrons. The summed E-state index contributed by atoms with van der Waals surface area (Å²) in [4.78, 5) is 4.18. The van der Waals surface area contributed by atoms with Gasteiger partial charge in [-0.05, 0) is 30.9 Å². The van der Waals surface area contributed by atoms with Crippen molar-refractivity contribution in [1.29, 1.82) is 0 Å². The van der Waals surface area contributed by atoms with E-state index < -0.39 is 0 Å². The number of pyridine rings is 1. The Balaban J connectivity index is 2.01. The second kappa shape index (κ2) is 4.56. The van der Waals surface area contributed by atoms with E-state index in [1.165, 1.54) is 31.2 Å². The lowest BCUT2D eigenvalue weighted by Crippen LogP contribution is -2.23. The molecule has 2 heteroatoms. The smallest absolute Gasteiger partial charge is 0.0337 e. The fourth-order valence-corrected chi connectivity index (χ4v) is 1.75. The highest BCUT2D eigenvalue weighted by molar-refractivity contribution is 5.14. The molecule has 1 N–H and O–H groups in total. The van der Waals surface area contributed by atoms with Gasteiger partial charge in [-0.15, -0.1) is 0 Å². The zero-order valence-corrected chi connectivity index (χ0v) is 8.74. The molecule has 1 unspecified atom stereocenters. The van der Waals surface area contributed by atoms with Crippen molar-refractivity contribution in [3.05, 3.63) is 30.1 Å². The fraction of sp³-hybridized carbons (Fsp3) is 0.583. The first-order valence-corrected chi connectivity index (χ1v) is 5.56. The Hall–Kier alpha value is -0.890. The van der Waals surface area contributed by atoms with Crippen LogP contribution in [0.3, 0.4) is 0 Å². The van der Waals surface area contributed by atoms with Crippen LogP contribution in [0.25, 0.3) is 0 Å². The molecule has 2 nitrogen and oxygen atoms in total. The third kappa shape index (κ3) is 2.55. The second-order valence-electron chi connectivity index (χ2n) is 4.07. The molecule has 1 aliphatic rings. The van der Waals surface area contributed by atoms with Crippen LogP contribution in [0.2, 0.25) is 0 Å². The lowest BCUT2D eigenvalue weighted by molar-refractivity contribution is 0.490. The Bertz CT molecular complexity index is 267. The van der Waals surface area contributed by atoms with E-state index in [1.54, 1.807) is 0 Å². The molecular formula is C12H18N2. The van der Waals surface area contributed by atoms with E-state index in [4.69, 9.17) is 0 Å². The van der Waals surface area contributed by atoms with Crippen molar-refractivity contribution in [3.63, 3.8) is 0 Å². The van der Waals surface area contributed by atoms with Gasteiger partial charge < -0.3 is 5.32 Å². The van der Waals surface area contributed by atoms with Gasteiger partial charge in [0.05, 0.1) is 0 Å². The summed E-state index contributed by atoms with van der Waals surface area (Å²) in [5.74, 6) is 0. The quantitative estimate of drug-likeness (QED) is 0.772. The van der Waals surface area contributed by atoms with Gasteiger partial charge in [0, 0.05) is 24.5 Å². The first-order chi connectivity index (χ1) is 6.90. The molecule has 1 saturated carbocycles. The van der Waals surface area contributed by atoms with E-state index >= 15 is 0 Å². The third-order valence-corrected chi connectivity index (χ3v) is 2.68. The normalized spacial score (nSPS) is 18.1. The SMILES string of the molecule is CCCC(NC1CC1)c1cccnc1. The van der Waals surface area contributed by atoms with Crippen molar-refractivity contribution < 1.29 is 0 Å². The van der Waals surface area contributed by atoms with Crippen LogP contribution < -0.4 is 5.32 Å². The van der Waals surface area contributed by atoms with Crippen molar-refractivity contribution >= 4 is 0 Å². The molecule has 1 heterocycles. The lowest BCUT2D eigenvalue weighted by Gasteiger charge is -2.17. The molecule has 0 amide bonds. The maximum atomic E-state index is 4.18. The molecule has 2 rings (SSSR count). The summed E-state index contributed by atoms with van der Waals surface area (Å²) in [6.07, 6.45) is 8.95. The average molecular weight is 190 g/mol. The van der Waals surface area contributed by atoms with Crippen LogP contribution in [-0.4, -0.2) is 11.0 Å². The van der Waals surface area contributed by atoms with Gasteiger partial charge in [-0.1, -0.05) is 19.4 Å². The molecule has 1 aromatic rings. The predicted octanol–water partition coefficient (Wildman–Crippen LogP) is 2.67. The van der Waals surface area contributed by atoms with Crippen LogP contribution in [0.4, 0.5) is 0 Å². The molecule has 1 fully saturated rings. The standard InChI is InChI=1S/C12H18N2/c1-2-4-12(14-11-6-7-11)10-5-3-8-13-9-10/h3,5,8-9,11-12,14H,2,4,6-7H2,1H3. The fourth-order valence-electron chi connectivity index (χ4n) is 1.75. The van der Waals surface area contributed by atoms with E-state index in [-0.39, 0.29) is 0 Å². The molecule has 14 heavy (non-hydrogen) atoms. The van der Waals surface area contributed by atoms with E-state index in [0.717, 1.165) is 6.04 Å². The highest BCUT2D eigenvalue weighted by atomic mass is 15.0. The Morgan fingerprint density at radius 2 is 2.43 bits per heavy atom. The first kappa shape index (κ1) is 9.66. The van der Waals surface area contributed by atoms with Crippen LogP contribution in [0, 0.1) is 0 Å². The predicted molar refractivity (Wildman–Crippen MR) is 58.0 cm³/mol. The van der Waals surface area contributed by atoms with Crippen molar-refractivity contribution in [2.45, 2.75) is 44.7 Å². The Kier molecular flexibility index (Phi) is 3.14. The zero-order valence-electron chi connectivity index (χ0n) is 8.74. The third-order valence-electron chi connectivity index (χ3n) is 2.68. The first-order valence-electron chi connectivity index (χ1n) is 5.56. The largest absolute Gasteiger partial charge is 0.307 e. The van der Waals surface area contributed by atoms with Crippen LogP contribution in [0.1, 0.15) is 44.2 Å². The minimum absolute atomic E-state index is 0.515. The molecule has 1 atom stereocenters. The van der Waals surface area contributed by atoms with Gasteiger partial charge in [-0.25, -0.2) is 0 Å². The maximum absolute atomic E-state index is 4.18. The Labute approximate surface area is 85.7 Å². The Morgan fingerprint density at radius 3 is 3.00 bits per heavy atom. The van der Waals surface area contributed by atoms with E-state index in [2.05, 4.69) is 23.3 Å². The maximum Gasteiger partial charge on any atom is 0.0337 e. The summed E-state index contributed by atoms with van der Waals surface area (Å²) in [6, 6.07) is 5.47. The number of nitrogens with one attached hydrogen (secondary N) is 1. The van der Waals surface area contributed by atoms with Crippen LogP contribution >= 0.6 is 0 Å². The number of hydrogen-bond acceptors (Lipinski definition) is 2. The van der Waals surface area contributed by atoms with Gasteiger partial charge in [0.25, 0.3) is 0 Å². The molecule has 0 saturated heterocycles. The molecule has 1 aliphatic carbocycles. The molecule has 0 spiro atoms. The summed E-state index contributed by atoms with van der Waals surface area (Å²) in [5.41, 5.74) is 1.33. The molecular weight excluding hydrogens is 172 g/mol. The van der Waals surface area contributed by atoms with Crippen molar-refractivity contribution in [2.75, 3.05) is 0 Å². The van der Waals surface area contributed by atoms with Gasteiger partial charge in [0.1, 0.15) is 0 Å². The van der Waals surface area contributed by atoms with Gasteiger partial charge in [0.15, 0.2) is 0 Å². The van der Waals surface area contributed by atoms with Gasteiger partial charge in [0.2, 0.25) is 0 Å². The lowest BCUT2D eigenvalue weighted by atomic mass is 10.0. The number of hydrogen-bond donors (Lipinski definition) is 1. The summed E-state index contributed by atoms with van der Waals surface area (Å²) < 4.78 is 0. The monoisotopic (exact) mass is 190 g/mol. The van der Waals surface area contributed by atoms with Gasteiger partial charge >= 0.3 is 0 Å². The highest BCUT2D eigenvalue weighted by Crippen LogP contribution is 2.26. The highest BCUT2D eigenvalue weighted by Gasteiger charge is 2.24. The average Bonchev–Trinajstić information content (AvgIpc) is 3.03. The topological polar surface area (TPSA) is 24.9 Å². The minimum Gasteiger partial charge on any atom is -0.307 e. The number of aromatic nitrogens is 1. The minimum atomic E-state index is 0.515. The molecule has 0 aromatic carbocycles. The summed E-state index contributed by atoms with van der Waals surface area (Å²) in [5, 5.41) is 3.67. The van der Waals surface area contributed by atoms with E-state index in [9.17, 15) is 0 Å². The molecule has 0 bridgehead atoms. The summed E-state index contributed by atoms with van der Waals surface area (Å²) in [7, 11) is 0. The van der Waals surface area contributed by atoms with Crippen LogP contribution in [-0.2, 0) is 0 Å². The summed E-state index contributed by atoms with van der Waals surface area (Å²) >= 11 is 0. The molecule has 76 valence electrons. The summed E-state index contributed by atoms with van der Waals surface area (Å²) in [6.45, 7) is 2.23.